The van der Waals surface area contributed by atoms with Crippen molar-refractivity contribution in [2.75, 3.05) is 33.2 Å². The Kier molecular flexibility index (Phi) is 9.53. The van der Waals surface area contributed by atoms with Gasteiger partial charge in [-0.3, -0.25) is 9.89 Å². The molecule has 0 aromatic heterocycles. The summed E-state index contributed by atoms with van der Waals surface area (Å²) in [6.07, 6.45) is 3.19. The molecule has 1 saturated heterocycles. The number of hydrogen-bond acceptors (Lipinski definition) is 2. The van der Waals surface area contributed by atoms with E-state index in [1.54, 1.807) is 7.05 Å². The van der Waals surface area contributed by atoms with Gasteiger partial charge in [0.2, 0.25) is 0 Å². The minimum absolute atomic E-state index is 0. The van der Waals surface area contributed by atoms with Crippen molar-refractivity contribution in [1.82, 2.24) is 15.5 Å². The predicted molar refractivity (Wildman–Crippen MR) is 104 cm³/mol. The molecule has 0 radical (unpaired) electrons. The van der Waals surface area contributed by atoms with Crippen LogP contribution in [0.25, 0.3) is 0 Å². The highest BCUT2D eigenvalue weighted by molar-refractivity contribution is 14.0. The molecule has 0 aromatic carbocycles. The van der Waals surface area contributed by atoms with Gasteiger partial charge in [-0.1, -0.05) is 19.9 Å². The standard InChI is InChI=1S/C16H32N4.HI/c1-7-8-18-15(17-6)19-12-16(4,5)20-10-13(2)9-14(3)11-20;/h7,13-14H,1,8-12H2,2-6H3,(H2,17,18,19);1H. The van der Waals surface area contributed by atoms with Crippen LogP contribution < -0.4 is 10.6 Å². The summed E-state index contributed by atoms with van der Waals surface area (Å²) >= 11 is 0. The zero-order chi connectivity index (χ0) is 15.2. The van der Waals surface area contributed by atoms with Crippen molar-refractivity contribution in [1.29, 1.82) is 0 Å². The fourth-order valence-corrected chi connectivity index (χ4v) is 2.96. The first kappa shape index (κ1) is 20.7. The highest BCUT2D eigenvalue weighted by Gasteiger charge is 2.32. The van der Waals surface area contributed by atoms with E-state index in [0.717, 1.165) is 30.9 Å². The minimum atomic E-state index is 0. The normalized spacial score (nSPS) is 24.1. The third-order valence-electron chi connectivity index (χ3n) is 4.05. The van der Waals surface area contributed by atoms with Crippen LogP contribution in [0, 0.1) is 11.8 Å². The molecule has 1 aliphatic heterocycles. The van der Waals surface area contributed by atoms with Crippen LogP contribution in [0.5, 0.6) is 0 Å². The van der Waals surface area contributed by atoms with E-state index in [4.69, 9.17) is 0 Å². The zero-order valence-corrected chi connectivity index (χ0v) is 16.6. The molecule has 21 heavy (non-hydrogen) atoms. The average molecular weight is 408 g/mol. The first-order valence-corrected chi connectivity index (χ1v) is 7.69. The van der Waals surface area contributed by atoms with Crippen molar-refractivity contribution in [3.8, 4) is 0 Å². The van der Waals surface area contributed by atoms with Crippen LogP contribution >= 0.6 is 24.0 Å². The van der Waals surface area contributed by atoms with E-state index in [1.807, 2.05) is 6.08 Å². The van der Waals surface area contributed by atoms with Crippen LogP contribution in [-0.4, -0.2) is 49.6 Å². The number of halogens is 1. The molecule has 1 fully saturated rings. The van der Waals surface area contributed by atoms with Gasteiger partial charge in [-0.2, -0.15) is 0 Å². The van der Waals surface area contributed by atoms with Crippen molar-refractivity contribution in [2.45, 2.75) is 39.7 Å². The molecular formula is C16H33IN4. The van der Waals surface area contributed by atoms with E-state index in [-0.39, 0.29) is 29.5 Å². The summed E-state index contributed by atoms with van der Waals surface area (Å²) in [6.45, 7) is 17.1. The Hall–Kier alpha value is -0.300. The molecule has 2 N–H and O–H groups in total. The minimum Gasteiger partial charge on any atom is -0.355 e. The van der Waals surface area contributed by atoms with Crippen molar-refractivity contribution in [3.05, 3.63) is 12.7 Å². The molecule has 0 aliphatic carbocycles. The first-order valence-electron chi connectivity index (χ1n) is 7.69. The Morgan fingerprint density at radius 1 is 1.29 bits per heavy atom. The van der Waals surface area contributed by atoms with E-state index >= 15 is 0 Å². The molecule has 5 heteroatoms. The largest absolute Gasteiger partial charge is 0.355 e. The Labute approximate surface area is 147 Å². The summed E-state index contributed by atoms with van der Waals surface area (Å²) in [7, 11) is 1.80. The lowest BCUT2D eigenvalue weighted by Gasteiger charge is -2.45. The van der Waals surface area contributed by atoms with Crippen LogP contribution in [0.15, 0.2) is 17.6 Å². The third-order valence-corrected chi connectivity index (χ3v) is 4.05. The second-order valence-corrected chi connectivity index (χ2v) is 6.76. The molecule has 1 rings (SSSR count). The second kappa shape index (κ2) is 9.66. The maximum Gasteiger partial charge on any atom is 0.191 e. The van der Waals surface area contributed by atoms with Gasteiger partial charge in [-0.25, -0.2) is 0 Å². The smallest absolute Gasteiger partial charge is 0.191 e. The Balaban J connectivity index is 0.00000400. The van der Waals surface area contributed by atoms with E-state index in [2.05, 4.69) is 54.8 Å². The van der Waals surface area contributed by atoms with Crippen LogP contribution in [0.3, 0.4) is 0 Å². The van der Waals surface area contributed by atoms with Gasteiger partial charge in [0.25, 0.3) is 0 Å². The number of hydrogen-bond donors (Lipinski definition) is 2. The molecule has 0 aromatic rings. The fourth-order valence-electron chi connectivity index (χ4n) is 2.96. The highest BCUT2D eigenvalue weighted by Crippen LogP contribution is 2.26. The third kappa shape index (κ3) is 7.00. The molecule has 0 saturated carbocycles. The highest BCUT2D eigenvalue weighted by atomic mass is 127. The Morgan fingerprint density at radius 2 is 1.86 bits per heavy atom. The fraction of sp³-hybridized carbons (Fsp3) is 0.812. The molecule has 1 aliphatic rings. The molecule has 4 nitrogen and oxygen atoms in total. The lowest BCUT2D eigenvalue weighted by molar-refractivity contribution is 0.0483. The molecule has 0 bridgehead atoms. The van der Waals surface area contributed by atoms with Gasteiger partial charge in [0.1, 0.15) is 0 Å². The molecule has 0 amide bonds. The summed E-state index contributed by atoms with van der Waals surface area (Å²) in [5.74, 6) is 2.42. The predicted octanol–water partition coefficient (Wildman–Crippen LogP) is 2.71. The molecule has 1 heterocycles. The average Bonchev–Trinajstić information content (AvgIpc) is 2.38. The summed E-state index contributed by atoms with van der Waals surface area (Å²) in [5.41, 5.74) is 0.134. The quantitative estimate of drug-likeness (QED) is 0.318. The summed E-state index contributed by atoms with van der Waals surface area (Å²) < 4.78 is 0. The van der Waals surface area contributed by atoms with Gasteiger partial charge in [0.15, 0.2) is 5.96 Å². The topological polar surface area (TPSA) is 39.7 Å². The van der Waals surface area contributed by atoms with Gasteiger partial charge >= 0.3 is 0 Å². The van der Waals surface area contributed by atoms with Crippen LogP contribution in [-0.2, 0) is 0 Å². The number of likely N-dealkylation sites (tertiary alicyclic amines) is 1. The molecule has 124 valence electrons. The van der Waals surface area contributed by atoms with Crippen LogP contribution in [0.4, 0.5) is 0 Å². The number of nitrogens with one attached hydrogen (secondary N) is 2. The SMILES string of the molecule is C=CCNC(=NC)NCC(C)(C)N1CC(C)CC(C)C1.I. The maximum atomic E-state index is 4.23. The van der Waals surface area contributed by atoms with E-state index in [1.165, 1.54) is 19.5 Å². The van der Waals surface area contributed by atoms with E-state index in [0.29, 0.717) is 0 Å². The van der Waals surface area contributed by atoms with Gasteiger partial charge < -0.3 is 10.6 Å². The lowest BCUT2D eigenvalue weighted by Crippen LogP contribution is -2.57. The number of guanidine groups is 1. The number of rotatable bonds is 5. The van der Waals surface area contributed by atoms with Gasteiger partial charge in [-0.05, 0) is 32.1 Å². The van der Waals surface area contributed by atoms with Crippen molar-refractivity contribution >= 4 is 29.9 Å². The van der Waals surface area contributed by atoms with Crippen molar-refractivity contribution in [3.63, 3.8) is 0 Å². The summed E-state index contributed by atoms with van der Waals surface area (Å²) in [4.78, 5) is 6.84. The van der Waals surface area contributed by atoms with E-state index < -0.39 is 0 Å². The summed E-state index contributed by atoms with van der Waals surface area (Å²) in [5, 5.41) is 6.64. The molecule has 2 unspecified atom stereocenters. The van der Waals surface area contributed by atoms with Crippen LogP contribution in [0.2, 0.25) is 0 Å². The lowest BCUT2D eigenvalue weighted by atomic mass is 9.88. The zero-order valence-electron chi connectivity index (χ0n) is 14.3. The number of piperidine rings is 1. The monoisotopic (exact) mass is 408 g/mol. The summed E-state index contributed by atoms with van der Waals surface area (Å²) in [6, 6.07) is 0. The Bertz CT molecular complexity index is 331. The van der Waals surface area contributed by atoms with E-state index in [9.17, 15) is 0 Å². The van der Waals surface area contributed by atoms with Crippen molar-refractivity contribution in [2.24, 2.45) is 16.8 Å². The van der Waals surface area contributed by atoms with Crippen molar-refractivity contribution < 1.29 is 0 Å². The maximum absolute atomic E-state index is 4.23. The molecule has 0 spiro atoms. The first-order chi connectivity index (χ1) is 9.39. The van der Waals surface area contributed by atoms with Gasteiger partial charge in [0.05, 0.1) is 0 Å². The second-order valence-electron chi connectivity index (χ2n) is 6.76. The van der Waals surface area contributed by atoms with Gasteiger partial charge in [-0.15, -0.1) is 30.6 Å². The van der Waals surface area contributed by atoms with Gasteiger partial charge in [0, 0.05) is 38.8 Å². The molecule has 2 atom stereocenters. The van der Waals surface area contributed by atoms with Crippen LogP contribution in [0.1, 0.15) is 34.1 Å². The number of nitrogens with zero attached hydrogens (tertiary/aromatic N) is 2. The Morgan fingerprint density at radius 3 is 2.33 bits per heavy atom. The number of aliphatic imine (C=N–C) groups is 1. The molecular weight excluding hydrogens is 375 g/mol.